The number of benzene rings is 2. The third-order valence-electron chi connectivity index (χ3n) is 5.96. The van der Waals surface area contributed by atoms with Gasteiger partial charge in [-0.2, -0.15) is 4.98 Å². The highest BCUT2D eigenvalue weighted by molar-refractivity contribution is 7.91. The maximum atomic E-state index is 15.0. The quantitative estimate of drug-likeness (QED) is 0.463. The molecular formula is C24H23F2N5O2S. The predicted molar refractivity (Wildman–Crippen MR) is 127 cm³/mol. The van der Waals surface area contributed by atoms with Gasteiger partial charge in [-0.25, -0.2) is 22.2 Å². The van der Waals surface area contributed by atoms with Crippen molar-refractivity contribution >= 4 is 32.5 Å². The fourth-order valence-corrected chi connectivity index (χ4v) is 5.24. The van der Waals surface area contributed by atoms with Gasteiger partial charge in [0.05, 0.1) is 17.2 Å². The minimum atomic E-state index is -3.06. The van der Waals surface area contributed by atoms with Crippen molar-refractivity contribution in [3.05, 3.63) is 77.6 Å². The molecule has 3 heterocycles. The van der Waals surface area contributed by atoms with Gasteiger partial charge >= 0.3 is 0 Å². The fraction of sp³-hybridized carbons (Fsp3) is 0.250. The lowest BCUT2D eigenvalue weighted by molar-refractivity contribution is 0.278. The van der Waals surface area contributed by atoms with Gasteiger partial charge in [-0.3, -0.25) is 4.90 Å². The number of aryl methyl sites for hydroxylation is 1. The van der Waals surface area contributed by atoms with E-state index >= 15 is 0 Å². The summed E-state index contributed by atoms with van der Waals surface area (Å²) in [5.41, 5.74) is 2.70. The van der Waals surface area contributed by atoms with Gasteiger partial charge in [-0.05, 0) is 37.3 Å². The van der Waals surface area contributed by atoms with Crippen LogP contribution in [-0.4, -0.2) is 52.4 Å². The molecule has 7 nitrogen and oxygen atoms in total. The Balaban J connectivity index is 1.42. The van der Waals surface area contributed by atoms with Gasteiger partial charge in [0.25, 0.3) is 0 Å². The zero-order chi connectivity index (χ0) is 23.9. The molecule has 0 aliphatic carbocycles. The first-order chi connectivity index (χ1) is 16.3. The van der Waals surface area contributed by atoms with Crippen LogP contribution in [-0.2, 0) is 16.4 Å². The lowest BCUT2D eigenvalue weighted by Crippen LogP contribution is -2.40. The smallest absolute Gasteiger partial charge is 0.229 e. The number of fused-ring (bicyclic) bond motifs is 1. The Bertz CT molecular complexity index is 1430. The van der Waals surface area contributed by atoms with Crippen LogP contribution in [0.1, 0.15) is 11.1 Å². The van der Waals surface area contributed by atoms with E-state index in [0.717, 1.165) is 16.6 Å². The minimum absolute atomic E-state index is 0.00232. The third kappa shape index (κ3) is 4.64. The summed E-state index contributed by atoms with van der Waals surface area (Å²) < 4.78 is 54.8. The van der Waals surface area contributed by atoms with E-state index in [1.807, 2.05) is 31.2 Å². The third-order valence-corrected chi connectivity index (χ3v) is 7.57. The highest BCUT2D eigenvalue weighted by atomic mass is 32.2. The Hall–Kier alpha value is -3.37. The summed E-state index contributed by atoms with van der Waals surface area (Å²) in [5.74, 6) is -0.992. The first-order valence-corrected chi connectivity index (χ1v) is 12.7. The number of hydrogen-bond donors (Lipinski definition) is 1. The van der Waals surface area contributed by atoms with Gasteiger partial charge in [0.1, 0.15) is 17.3 Å². The summed E-state index contributed by atoms with van der Waals surface area (Å²) >= 11 is 0. The lowest BCUT2D eigenvalue weighted by Gasteiger charge is -2.26. The van der Waals surface area contributed by atoms with Gasteiger partial charge in [-0.1, -0.05) is 17.7 Å². The molecule has 0 radical (unpaired) electrons. The number of anilines is 2. The SMILES string of the molecule is Cc1ccc(Nc2ncc3ccn(-c4cc(F)c(CN5CCS(=O)(=O)CC5)c(F)c4)c3n2)cc1. The van der Waals surface area contributed by atoms with E-state index in [9.17, 15) is 17.2 Å². The molecule has 1 aliphatic rings. The van der Waals surface area contributed by atoms with E-state index in [-0.39, 0.29) is 36.7 Å². The van der Waals surface area contributed by atoms with Gasteiger partial charge in [-0.15, -0.1) is 0 Å². The topological polar surface area (TPSA) is 80.1 Å². The van der Waals surface area contributed by atoms with E-state index in [0.29, 0.717) is 17.3 Å². The van der Waals surface area contributed by atoms with Crippen molar-refractivity contribution in [2.24, 2.45) is 0 Å². The largest absolute Gasteiger partial charge is 0.324 e. The molecule has 0 bridgehead atoms. The van der Waals surface area contributed by atoms with Crippen molar-refractivity contribution in [1.82, 2.24) is 19.4 Å². The van der Waals surface area contributed by atoms with Crippen molar-refractivity contribution in [1.29, 1.82) is 0 Å². The normalized spacial score (nSPS) is 16.1. The van der Waals surface area contributed by atoms with Crippen molar-refractivity contribution in [2.45, 2.75) is 13.5 Å². The average Bonchev–Trinajstić information content (AvgIpc) is 3.22. The molecule has 34 heavy (non-hydrogen) atoms. The molecule has 0 amide bonds. The molecule has 5 rings (SSSR count). The summed E-state index contributed by atoms with van der Waals surface area (Å²) in [6, 6.07) is 12.1. The second kappa shape index (κ2) is 8.77. The molecule has 1 aliphatic heterocycles. The standard InChI is InChI=1S/C24H23F2N5O2S/c1-16-2-4-18(5-3-16)28-24-27-14-17-6-7-31(23(17)29-24)19-12-21(25)20(22(26)13-19)15-30-8-10-34(32,33)11-9-30/h2-7,12-14H,8-11,15H2,1H3,(H,27,28,29). The van der Waals surface area contributed by atoms with Gasteiger partial charge < -0.3 is 9.88 Å². The van der Waals surface area contributed by atoms with Gasteiger partial charge in [0, 0.05) is 48.7 Å². The molecular weight excluding hydrogens is 460 g/mol. The monoisotopic (exact) mass is 483 g/mol. The molecule has 10 heteroatoms. The van der Waals surface area contributed by atoms with Crippen molar-refractivity contribution in [3.63, 3.8) is 0 Å². The summed E-state index contributed by atoms with van der Waals surface area (Å²) in [5, 5.41) is 3.87. The second-order valence-corrected chi connectivity index (χ2v) is 10.8. The first-order valence-electron chi connectivity index (χ1n) is 10.9. The van der Waals surface area contributed by atoms with E-state index in [1.165, 1.54) is 12.1 Å². The highest BCUT2D eigenvalue weighted by Crippen LogP contribution is 2.25. The van der Waals surface area contributed by atoms with Gasteiger partial charge in [0.2, 0.25) is 5.95 Å². The number of hydrogen-bond acceptors (Lipinski definition) is 6. The second-order valence-electron chi connectivity index (χ2n) is 8.47. The lowest BCUT2D eigenvalue weighted by atomic mass is 10.1. The van der Waals surface area contributed by atoms with E-state index in [2.05, 4.69) is 15.3 Å². The predicted octanol–water partition coefficient (Wildman–Crippen LogP) is 3.98. The maximum absolute atomic E-state index is 15.0. The summed E-state index contributed by atoms with van der Waals surface area (Å²) in [6.45, 7) is 2.55. The summed E-state index contributed by atoms with van der Waals surface area (Å²) in [6.07, 6.45) is 3.35. The number of rotatable bonds is 5. The van der Waals surface area contributed by atoms with Crippen LogP contribution in [0.5, 0.6) is 0 Å². The fourth-order valence-electron chi connectivity index (χ4n) is 3.96. The van der Waals surface area contributed by atoms with Crippen LogP contribution in [0.3, 0.4) is 0 Å². The molecule has 2 aromatic heterocycles. The molecule has 1 fully saturated rings. The molecule has 1 saturated heterocycles. The van der Waals surface area contributed by atoms with Crippen LogP contribution in [0.4, 0.5) is 20.4 Å². The first kappa shape index (κ1) is 22.4. The molecule has 0 spiro atoms. The Kier molecular flexibility index (Phi) is 5.78. The maximum Gasteiger partial charge on any atom is 0.229 e. The molecule has 0 unspecified atom stereocenters. The van der Waals surface area contributed by atoms with E-state index in [4.69, 9.17) is 0 Å². The molecule has 4 aromatic rings. The van der Waals surface area contributed by atoms with Crippen LogP contribution in [0.15, 0.2) is 54.9 Å². The summed E-state index contributed by atoms with van der Waals surface area (Å²) in [7, 11) is -3.06. The highest BCUT2D eigenvalue weighted by Gasteiger charge is 2.24. The Morgan fingerprint density at radius 3 is 2.38 bits per heavy atom. The van der Waals surface area contributed by atoms with Crippen molar-refractivity contribution < 1.29 is 17.2 Å². The zero-order valence-corrected chi connectivity index (χ0v) is 19.3. The van der Waals surface area contributed by atoms with Crippen molar-refractivity contribution in [2.75, 3.05) is 29.9 Å². The van der Waals surface area contributed by atoms with Crippen LogP contribution >= 0.6 is 0 Å². The molecule has 0 saturated carbocycles. The zero-order valence-electron chi connectivity index (χ0n) is 18.5. The van der Waals surface area contributed by atoms with Crippen molar-refractivity contribution in [3.8, 4) is 5.69 Å². The molecule has 2 aromatic carbocycles. The molecule has 0 atom stereocenters. The Morgan fingerprint density at radius 2 is 1.71 bits per heavy atom. The van der Waals surface area contributed by atoms with Crippen LogP contribution < -0.4 is 5.32 Å². The van der Waals surface area contributed by atoms with E-state index in [1.54, 1.807) is 27.9 Å². The Labute approximate surface area is 196 Å². The number of sulfone groups is 1. The molecule has 1 N–H and O–H groups in total. The van der Waals surface area contributed by atoms with Crippen LogP contribution in [0.2, 0.25) is 0 Å². The summed E-state index contributed by atoms with van der Waals surface area (Å²) in [4.78, 5) is 10.6. The van der Waals surface area contributed by atoms with E-state index < -0.39 is 21.5 Å². The number of aromatic nitrogens is 3. The number of nitrogens with zero attached hydrogens (tertiary/aromatic N) is 4. The minimum Gasteiger partial charge on any atom is -0.324 e. The average molecular weight is 484 g/mol. The molecule has 176 valence electrons. The number of halogens is 2. The Morgan fingerprint density at radius 1 is 1.03 bits per heavy atom. The van der Waals surface area contributed by atoms with Crippen LogP contribution in [0.25, 0.3) is 16.7 Å². The van der Waals surface area contributed by atoms with Crippen LogP contribution in [0, 0.1) is 18.6 Å². The van der Waals surface area contributed by atoms with Gasteiger partial charge in [0.15, 0.2) is 9.84 Å². The number of nitrogens with one attached hydrogen (secondary N) is 1.